The van der Waals surface area contributed by atoms with Gasteiger partial charge in [-0.15, -0.1) is 10.2 Å². The molecule has 0 aliphatic carbocycles. The molecular formula is C15H20FN3O2. The number of nitrogens with zero attached hydrogens (tertiary/aromatic N) is 2. The predicted octanol–water partition coefficient (Wildman–Crippen LogP) is 2.85. The molecule has 1 heterocycles. The van der Waals surface area contributed by atoms with Gasteiger partial charge in [0.1, 0.15) is 0 Å². The van der Waals surface area contributed by atoms with Crippen LogP contribution < -0.4 is 10.1 Å². The van der Waals surface area contributed by atoms with Crippen LogP contribution in [0.1, 0.15) is 37.6 Å². The van der Waals surface area contributed by atoms with Gasteiger partial charge in [0.05, 0.1) is 0 Å². The molecule has 0 radical (unpaired) electrons. The molecular weight excluding hydrogens is 273 g/mol. The van der Waals surface area contributed by atoms with Crippen molar-refractivity contribution in [3.8, 4) is 5.75 Å². The van der Waals surface area contributed by atoms with Gasteiger partial charge >= 0.3 is 0 Å². The van der Waals surface area contributed by atoms with Crippen molar-refractivity contribution in [3.05, 3.63) is 41.4 Å². The molecule has 1 N–H and O–H groups in total. The maximum atomic E-state index is 13.9. The largest absolute Gasteiger partial charge is 0.480 e. The SMILES string of the molecule is CCCNCc1cccc(F)c1OCc1nnc(CC)o1. The summed E-state index contributed by atoms with van der Waals surface area (Å²) in [5, 5.41) is 10.9. The fourth-order valence-corrected chi connectivity index (χ4v) is 1.88. The van der Waals surface area contributed by atoms with Crippen molar-refractivity contribution in [1.29, 1.82) is 0 Å². The molecule has 5 nitrogen and oxygen atoms in total. The topological polar surface area (TPSA) is 60.2 Å². The maximum absolute atomic E-state index is 13.9. The van der Waals surface area contributed by atoms with Gasteiger partial charge in [-0.2, -0.15) is 0 Å². The minimum atomic E-state index is -0.388. The third-order valence-corrected chi connectivity index (χ3v) is 2.94. The number of aromatic nitrogens is 2. The molecule has 2 aromatic rings. The van der Waals surface area contributed by atoms with Gasteiger partial charge in [-0.3, -0.25) is 0 Å². The minimum absolute atomic E-state index is 0.0642. The highest BCUT2D eigenvalue weighted by molar-refractivity contribution is 5.34. The van der Waals surface area contributed by atoms with Gasteiger partial charge < -0.3 is 14.5 Å². The molecule has 0 bridgehead atoms. The van der Waals surface area contributed by atoms with Gasteiger partial charge in [0, 0.05) is 18.5 Å². The number of para-hydroxylation sites is 1. The third kappa shape index (κ3) is 4.26. The van der Waals surface area contributed by atoms with E-state index < -0.39 is 0 Å². The quantitative estimate of drug-likeness (QED) is 0.758. The van der Waals surface area contributed by atoms with Crippen molar-refractivity contribution < 1.29 is 13.5 Å². The van der Waals surface area contributed by atoms with Crippen LogP contribution in [0.3, 0.4) is 0 Å². The van der Waals surface area contributed by atoms with E-state index in [2.05, 4.69) is 22.4 Å². The number of halogens is 1. The summed E-state index contributed by atoms with van der Waals surface area (Å²) in [5.41, 5.74) is 0.777. The van der Waals surface area contributed by atoms with Gasteiger partial charge in [0.25, 0.3) is 5.89 Å². The summed E-state index contributed by atoms with van der Waals surface area (Å²) in [6, 6.07) is 4.89. The second-order valence-corrected chi connectivity index (χ2v) is 4.64. The number of nitrogens with one attached hydrogen (secondary N) is 1. The average molecular weight is 293 g/mol. The lowest BCUT2D eigenvalue weighted by molar-refractivity contribution is 0.246. The van der Waals surface area contributed by atoms with Crippen molar-refractivity contribution in [2.45, 2.75) is 39.8 Å². The third-order valence-electron chi connectivity index (χ3n) is 2.94. The van der Waals surface area contributed by atoms with Crippen molar-refractivity contribution in [1.82, 2.24) is 15.5 Å². The molecule has 0 saturated heterocycles. The Morgan fingerprint density at radius 3 is 2.76 bits per heavy atom. The molecule has 1 aromatic carbocycles. The van der Waals surface area contributed by atoms with Crippen molar-refractivity contribution in [3.63, 3.8) is 0 Å². The molecule has 0 amide bonds. The first-order valence-corrected chi connectivity index (χ1v) is 7.16. The number of ether oxygens (including phenoxy) is 1. The molecule has 0 saturated carbocycles. The molecule has 0 spiro atoms. The summed E-state index contributed by atoms with van der Waals surface area (Å²) in [6.07, 6.45) is 1.69. The fraction of sp³-hybridized carbons (Fsp3) is 0.467. The normalized spacial score (nSPS) is 10.8. The highest BCUT2D eigenvalue weighted by Gasteiger charge is 2.12. The Morgan fingerprint density at radius 1 is 1.24 bits per heavy atom. The lowest BCUT2D eigenvalue weighted by Gasteiger charge is -2.11. The summed E-state index contributed by atoms with van der Waals surface area (Å²) in [4.78, 5) is 0. The van der Waals surface area contributed by atoms with E-state index in [1.807, 2.05) is 13.0 Å². The van der Waals surface area contributed by atoms with Gasteiger partial charge in [-0.25, -0.2) is 4.39 Å². The Labute approximate surface area is 123 Å². The highest BCUT2D eigenvalue weighted by Crippen LogP contribution is 2.23. The average Bonchev–Trinajstić information content (AvgIpc) is 2.95. The Hall–Kier alpha value is -1.95. The number of rotatable bonds is 8. The molecule has 114 valence electrons. The van der Waals surface area contributed by atoms with E-state index in [1.54, 1.807) is 6.07 Å². The van der Waals surface area contributed by atoms with E-state index >= 15 is 0 Å². The summed E-state index contributed by atoms with van der Waals surface area (Å²) in [6.45, 7) is 5.50. The van der Waals surface area contributed by atoms with Crippen molar-refractivity contribution >= 4 is 0 Å². The van der Waals surface area contributed by atoms with Crippen LogP contribution in [-0.2, 0) is 19.6 Å². The van der Waals surface area contributed by atoms with Crippen LogP contribution in [0.15, 0.2) is 22.6 Å². The predicted molar refractivity (Wildman–Crippen MR) is 76.4 cm³/mol. The van der Waals surface area contributed by atoms with Crippen LogP contribution in [0, 0.1) is 5.82 Å². The van der Waals surface area contributed by atoms with E-state index in [9.17, 15) is 4.39 Å². The van der Waals surface area contributed by atoms with Gasteiger partial charge in [-0.1, -0.05) is 26.0 Å². The smallest absolute Gasteiger partial charge is 0.253 e. The first-order valence-electron chi connectivity index (χ1n) is 7.16. The Morgan fingerprint density at radius 2 is 2.05 bits per heavy atom. The van der Waals surface area contributed by atoms with Crippen molar-refractivity contribution in [2.24, 2.45) is 0 Å². The van der Waals surface area contributed by atoms with Crippen LogP contribution in [0.2, 0.25) is 0 Å². The van der Waals surface area contributed by atoms with Crippen LogP contribution in [0.4, 0.5) is 4.39 Å². The molecule has 0 atom stereocenters. The molecule has 0 unspecified atom stereocenters. The molecule has 21 heavy (non-hydrogen) atoms. The summed E-state index contributed by atoms with van der Waals surface area (Å²) in [5.74, 6) is 0.743. The van der Waals surface area contributed by atoms with Gasteiger partial charge in [-0.05, 0) is 19.0 Å². The van der Waals surface area contributed by atoms with Crippen LogP contribution in [0.5, 0.6) is 5.75 Å². The second kappa shape index (κ2) is 7.73. The number of hydrogen-bond acceptors (Lipinski definition) is 5. The standard InChI is InChI=1S/C15H20FN3O2/c1-3-8-17-9-11-6-5-7-12(16)15(11)20-10-14-19-18-13(4-2)21-14/h5-7,17H,3-4,8-10H2,1-2H3. The van der Waals surface area contributed by atoms with Gasteiger partial charge in [0.15, 0.2) is 18.2 Å². The summed E-state index contributed by atoms with van der Waals surface area (Å²) >= 11 is 0. The minimum Gasteiger partial charge on any atom is -0.480 e. The van der Waals surface area contributed by atoms with E-state index in [1.165, 1.54) is 6.07 Å². The molecule has 6 heteroatoms. The zero-order chi connectivity index (χ0) is 15.1. The second-order valence-electron chi connectivity index (χ2n) is 4.64. The lowest BCUT2D eigenvalue weighted by atomic mass is 10.2. The molecule has 0 aliphatic rings. The zero-order valence-electron chi connectivity index (χ0n) is 12.4. The van der Waals surface area contributed by atoms with Crippen LogP contribution in [-0.4, -0.2) is 16.7 Å². The fourth-order valence-electron chi connectivity index (χ4n) is 1.88. The van der Waals surface area contributed by atoms with Crippen LogP contribution >= 0.6 is 0 Å². The van der Waals surface area contributed by atoms with E-state index in [0.29, 0.717) is 24.7 Å². The Bertz CT molecular complexity index is 572. The first-order chi connectivity index (χ1) is 10.2. The first kappa shape index (κ1) is 15.4. The zero-order valence-corrected chi connectivity index (χ0v) is 12.4. The Kier molecular flexibility index (Phi) is 5.68. The van der Waals surface area contributed by atoms with E-state index in [-0.39, 0.29) is 18.2 Å². The van der Waals surface area contributed by atoms with Crippen molar-refractivity contribution in [2.75, 3.05) is 6.54 Å². The maximum Gasteiger partial charge on any atom is 0.253 e. The lowest BCUT2D eigenvalue weighted by Crippen LogP contribution is -2.15. The molecule has 0 aliphatic heterocycles. The molecule has 1 aromatic heterocycles. The monoisotopic (exact) mass is 293 g/mol. The number of aryl methyl sites for hydroxylation is 1. The molecule has 2 rings (SSSR count). The van der Waals surface area contributed by atoms with Crippen LogP contribution in [0.25, 0.3) is 0 Å². The molecule has 0 fully saturated rings. The van der Waals surface area contributed by atoms with E-state index in [0.717, 1.165) is 18.5 Å². The highest BCUT2D eigenvalue weighted by atomic mass is 19.1. The summed E-state index contributed by atoms with van der Waals surface area (Å²) < 4.78 is 24.8. The number of hydrogen-bond donors (Lipinski definition) is 1. The summed E-state index contributed by atoms with van der Waals surface area (Å²) in [7, 11) is 0. The number of benzene rings is 1. The Balaban J connectivity index is 2.03. The van der Waals surface area contributed by atoms with Gasteiger partial charge in [0.2, 0.25) is 5.89 Å². The van der Waals surface area contributed by atoms with E-state index in [4.69, 9.17) is 9.15 Å².